The Bertz CT molecular complexity index is 681. The van der Waals surface area contributed by atoms with E-state index in [4.69, 9.17) is 5.26 Å². The lowest BCUT2D eigenvalue weighted by atomic mass is 9.79. The average molecular weight is 327 g/mol. The van der Waals surface area contributed by atoms with Crippen LogP contribution in [0.1, 0.15) is 24.1 Å². The van der Waals surface area contributed by atoms with Gasteiger partial charge in [-0.2, -0.15) is 18.4 Å². The summed E-state index contributed by atoms with van der Waals surface area (Å²) in [6, 6.07) is 4.53. The number of nitriles is 1. The number of nitrogens with zero attached hydrogens (tertiary/aromatic N) is 1. The topological polar surface area (TPSA) is 102 Å². The van der Waals surface area contributed by atoms with Crippen molar-refractivity contribution in [1.82, 2.24) is 10.6 Å². The molecule has 23 heavy (non-hydrogen) atoms. The first kappa shape index (κ1) is 16.8. The zero-order chi connectivity index (χ0) is 17.4. The number of benzene rings is 1. The SMILES string of the molecule is CC(=O)[C@H]1[C@@H](c2ccc(C#N)cc2)NC(=O)N[C@]1(O)C(F)(F)F. The van der Waals surface area contributed by atoms with E-state index in [-0.39, 0.29) is 11.1 Å². The number of ketones is 1. The van der Waals surface area contributed by atoms with Gasteiger partial charge in [0.2, 0.25) is 5.72 Å². The second-order valence-corrected chi connectivity index (χ2v) is 5.16. The summed E-state index contributed by atoms with van der Waals surface area (Å²) in [6.07, 6.45) is -5.24. The van der Waals surface area contributed by atoms with Crippen LogP contribution in [-0.2, 0) is 4.79 Å². The van der Waals surface area contributed by atoms with E-state index in [2.05, 4.69) is 5.32 Å². The predicted octanol–water partition coefficient (Wildman–Crippen LogP) is 1.37. The maximum absolute atomic E-state index is 13.2. The summed E-state index contributed by atoms with van der Waals surface area (Å²) in [7, 11) is 0. The number of carbonyl (C=O) groups excluding carboxylic acids is 2. The van der Waals surface area contributed by atoms with E-state index in [1.165, 1.54) is 29.6 Å². The average Bonchev–Trinajstić information content (AvgIpc) is 2.45. The first-order valence-corrected chi connectivity index (χ1v) is 6.48. The van der Waals surface area contributed by atoms with Crippen molar-refractivity contribution in [1.29, 1.82) is 5.26 Å². The van der Waals surface area contributed by atoms with Gasteiger partial charge in [-0.1, -0.05) is 12.1 Å². The number of amides is 2. The van der Waals surface area contributed by atoms with Crippen molar-refractivity contribution < 1.29 is 27.9 Å². The number of nitrogens with one attached hydrogen (secondary N) is 2. The number of carbonyl (C=O) groups is 2. The van der Waals surface area contributed by atoms with Gasteiger partial charge in [0, 0.05) is 0 Å². The molecule has 1 aromatic carbocycles. The van der Waals surface area contributed by atoms with Gasteiger partial charge in [0.05, 0.1) is 23.6 Å². The molecular weight excluding hydrogens is 315 g/mol. The number of hydrogen-bond donors (Lipinski definition) is 3. The van der Waals surface area contributed by atoms with Crippen molar-refractivity contribution in [3.8, 4) is 6.07 Å². The number of hydrogen-bond acceptors (Lipinski definition) is 4. The summed E-state index contributed by atoms with van der Waals surface area (Å²) in [5.74, 6) is -2.93. The van der Waals surface area contributed by atoms with E-state index < -0.39 is 35.7 Å². The van der Waals surface area contributed by atoms with Gasteiger partial charge < -0.3 is 15.7 Å². The van der Waals surface area contributed by atoms with Crippen LogP contribution in [0.15, 0.2) is 24.3 Å². The molecule has 0 aromatic heterocycles. The first-order valence-electron chi connectivity index (χ1n) is 6.48. The van der Waals surface area contributed by atoms with Crippen molar-refractivity contribution in [2.45, 2.75) is 24.9 Å². The van der Waals surface area contributed by atoms with Gasteiger partial charge in [0.15, 0.2) is 0 Å². The molecule has 1 fully saturated rings. The van der Waals surface area contributed by atoms with Crippen LogP contribution in [0.2, 0.25) is 0 Å². The molecule has 0 saturated carbocycles. The maximum Gasteiger partial charge on any atom is 0.437 e. The third kappa shape index (κ3) is 2.85. The summed E-state index contributed by atoms with van der Waals surface area (Å²) < 4.78 is 39.7. The van der Waals surface area contributed by atoms with Crippen LogP contribution < -0.4 is 10.6 Å². The molecule has 3 N–H and O–H groups in total. The summed E-state index contributed by atoms with van der Waals surface area (Å²) >= 11 is 0. The number of urea groups is 1. The third-order valence-corrected chi connectivity index (χ3v) is 3.64. The Balaban J connectivity index is 2.53. The summed E-state index contributed by atoms with van der Waals surface area (Å²) in [5, 5.41) is 22.3. The van der Waals surface area contributed by atoms with E-state index in [0.29, 0.717) is 0 Å². The monoisotopic (exact) mass is 327 g/mol. The van der Waals surface area contributed by atoms with Crippen LogP contribution in [0.5, 0.6) is 0 Å². The Morgan fingerprint density at radius 1 is 1.35 bits per heavy atom. The molecule has 122 valence electrons. The van der Waals surface area contributed by atoms with Gasteiger partial charge in [-0.25, -0.2) is 4.79 Å². The molecule has 0 aliphatic carbocycles. The quantitative estimate of drug-likeness (QED) is 0.763. The minimum absolute atomic E-state index is 0.168. The number of alkyl halides is 3. The fourth-order valence-corrected chi connectivity index (χ4v) is 2.57. The molecule has 9 heteroatoms. The zero-order valence-corrected chi connectivity index (χ0v) is 11.8. The van der Waals surface area contributed by atoms with Gasteiger partial charge in [-0.3, -0.25) is 4.79 Å². The van der Waals surface area contributed by atoms with Crippen molar-refractivity contribution in [3.05, 3.63) is 35.4 Å². The molecular formula is C14H12F3N3O3. The normalized spacial score (nSPS) is 27.6. The van der Waals surface area contributed by atoms with Crippen molar-refractivity contribution in [2.75, 3.05) is 0 Å². The van der Waals surface area contributed by atoms with Crippen molar-refractivity contribution in [3.63, 3.8) is 0 Å². The lowest BCUT2D eigenvalue weighted by Crippen LogP contribution is -2.72. The van der Waals surface area contributed by atoms with Crippen LogP contribution in [0.4, 0.5) is 18.0 Å². The molecule has 0 spiro atoms. The van der Waals surface area contributed by atoms with E-state index in [1.54, 1.807) is 0 Å². The Kier molecular flexibility index (Phi) is 4.05. The molecule has 1 saturated heterocycles. The van der Waals surface area contributed by atoms with Gasteiger partial charge >= 0.3 is 12.2 Å². The molecule has 1 aromatic rings. The molecule has 1 heterocycles. The number of Topliss-reactive ketones (excluding diaryl/α,β-unsaturated/α-hetero) is 1. The van der Waals surface area contributed by atoms with Gasteiger partial charge in [0.25, 0.3) is 0 Å². The Morgan fingerprint density at radius 2 is 1.91 bits per heavy atom. The largest absolute Gasteiger partial charge is 0.437 e. The third-order valence-electron chi connectivity index (χ3n) is 3.64. The standard InChI is InChI=1S/C14H12F3N3O3/c1-7(21)10-11(9-4-2-8(6-18)3-5-9)19-12(22)20-13(10,23)14(15,16)17/h2-5,10-11,23H,1H3,(H2,19,20,22)/t10-,11+,13+/m0/s1. The first-order chi connectivity index (χ1) is 10.6. The van der Waals surface area contributed by atoms with E-state index in [9.17, 15) is 27.9 Å². The molecule has 2 amide bonds. The minimum atomic E-state index is -5.24. The van der Waals surface area contributed by atoms with E-state index in [0.717, 1.165) is 6.92 Å². The molecule has 0 unspecified atom stereocenters. The minimum Gasteiger partial charge on any atom is -0.363 e. The highest BCUT2D eigenvalue weighted by Crippen LogP contribution is 2.42. The van der Waals surface area contributed by atoms with Crippen molar-refractivity contribution in [2.24, 2.45) is 5.92 Å². The molecule has 6 nitrogen and oxygen atoms in total. The molecule has 0 radical (unpaired) electrons. The van der Waals surface area contributed by atoms with E-state index in [1.807, 2.05) is 6.07 Å². The Hall–Kier alpha value is -2.60. The Morgan fingerprint density at radius 3 is 2.35 bits per heavy atom. The lowest BCUT2D eigenvalue weighted by Gasteiger charge is -2.44. The fraction of sp³-hybridized carbons (Fsp3) is 0.357. The highest BCUT2D eigenvalue weighted by atomic mass is 19.4. The van der Waals surface area contributed by atoms with Crippen LogP contribution in [0.3, 0.4) is 0 Å². The second kappa shape index (κ2) is 5.55. The lowest BCUT2D eigenvalue weighted by molar-refractivity contribution is -0.290. The number of rotatable bonds is 2. The summed E-state index contributed by atoms with van der Waals surface area (Å²) in [4.78, 5) is 23.3. The fourth-order valence-electron chi connectivity index (χ4n) is 2.57. The van der Waals surface area contributed by atoms with Gasteiger partial charge in [-0.05, 0) is 24.6 Å². The maximum atomic E-state index is 13.2. The highest BCUT2D eigenvalue weighted by Gasteiger charge is 2.65. The van der Waals surface area contributed by atoms with Crippen LogP contribution in [0, 0.1) is 17.2 Å². The molecule has 0 bridgehead atoms. The van der Waals surface area contributed by atoms with Crippen LogP contribution in [-0.4, -0.2) is 28.8 Å². The Labute approximate surface area is 128 Å². The smallest absolute Gasteiger partial charge is 0.363 e. The summed E-state index contributed by atoms with van der Waals surface area (Å²) in [5.41, 5.74) is -3.25. The highest BCUT2D eigenvalue weighted by molar-refractivity contribution is 5.86. The van der Waals surface area contributed by atoms with Crippen LogP contribution >= 0.6 is 0 Å². The molecule has 2 rings (SSSR count). The van der Waals surface area contributed by atoms with E-state index >= 15 is 0 Å². The van der Waals surface area contributed by atoms with Gasteiger partial charge in [0.1, 0.15) is 5.78 Å². The van der Waals surface area contributed by atoms with Crippen molar-refractivity contribution >= 4 is 11.8 Å². The zero-order valence-electron chi connectivity index (χ0n) is 11.8. The second-order valence-electron chi connectivity index (χ2n) is 5.16. The van der Waals surface area contributed by atoms with Crippen LogP contribution in [0.25, 0.3) is 0 Å². The number of aliphatic hydroxyl groups is 1. The number of halogens is 3. The molecule has 3 atom stereocenters. The molecule has 1 aliphatic heterocycles. The van der Waals surface area contributed by atoms with Gasteiger partial charge in [-0.15, -0.1) is 0 Å². The predicted molar refractivity (Wildman–Crippen MR) is 70.7 cm³/mol. The summed E-state index contributed by atoms with van der Waals surface area (Å²) in [6.45, 7) is 0.900. The molecule has 1 aliphatic rings.